The van der Waals surface area contributed by atoms with Crippen molar-refractivity contribution in [1.82, 2.24) is 21.3 Å². The van der Waals surface area contributed by atoms with E-state index in [2.05, 4.69) is 21.3 Å². The molecule has 186 valence electrons. The van der Waals surface area contributed by atoms with Crippen LogP contribution in [-0.4, -0.2) is 64.4 Å². The van der Waals surface area contributed by atoms with E-state index in [9.17, 15) is 8.78 Å². The van der Waals surface area contributed by atoms with Gasteiger partial charge in [-0.05, 0) is 63.0 Å². The van der Waals surface area contributed by atoms with Crippen LogP contribution in [0.4, 0.5) is 14.5 Å². The Hall–Kier alpha value is -2.36. The maximum atomic E-state index is 14.1. The van der Waals surface area contributed by atoms with Gasteiger partial charge in [0.25, 0.3) is 6.43 Å². The van der Waals surface area contributed by atoms with Crippen molar-refractivity contribution >= 4 is 17.7 Å². The molecule has 1 aromatic rings. The number of benzene rings is 1. The van der Waals surface area contributed by atoms with E-state index in [1.807, 2.05) is 11.0 Å². The summed E-state index contributed by atoms with van der Waals surface area (Å²) in [6, 6.07) is 3.83. The number of nitrogens with one attached hydrogen (secondary N) is 6. The molecule has 9 heteroatoms. The fraction of sp³-hybridized carbons (Fsp3) is 0.600. The summed E-state index contributed by atoms with van der Waals surface area (Å²) in [5.41, 5.74) is 4.22. The molecule has 1 atom stereocenters. The first-order chi connectivity index (χ1) is 16.5. The lowest BCUT2D eigenvalue weighted by molar-refractivity contribution is 0.150. The Morgan fingerprint density at radius 2 is 1.97 bits per heavy atom. The highest BCUT2D eigenvalue weighted by atomic mass is 19.3. The largest absolute Gasteiger partial charge is 0.385 e. The monoisotopic (exact) mass is 473 g/mol. The van der Waals surface area contributed by atoms with Crippen LogP contribution in [0.2, 0.25) is 0 Å². The summed E-state index contributed by atoms with van der Waals surface area (Å²) in [6.45, 7) is 4.55. The Morgan fingerprint density at radius 3 is 2.68 bits per heavy atom. The molecule has 1 aromatic carbocycles. The van der Waals surface area contributed by atoms with E-state index in [1.165, 1.54) is 6.21 Å². The third-order valence-electron chi connectivity index (χ3n) is 7.15. The number of nitrogens with zero attached hydrogens (tertiary/aromatic N) is 1. The molecule has 1 fully saturated rings. The highest BCUT2D eigenvalue weighted by Gasteiger charge is 2.30. The average molecular weight is 474 g/mol. The van der Waals surface area contributed by atoms with E-state index >= 15 is 0 Å². The molecule has 0 saturated carbocycles. The van der Waals surface area contributed by atoms with E-state index in [0.29, 0.717) is 42.8 Å². The second kappa shape index (κ2) is 11.4. The van der Waals surface area contributed by atoms with Crippen LogP contribution >= 0.6 is 0 Å². The molecule has 0 radical (unpaired) electrons. The van der Waals surface area contributed by atoms with E-state index < -0.39 is 12.3 Å². The highest BCUT2D eigenvalue weighted by Crippen LogP contribution is 2.37. The Labute approximate surface area is 200 Å². The normalized spacial score (nSPS) is 20.3. The summed E-state index contributed by atoms with van der Waals surface area (Å²) in [5, 5.41) is 30.4. The molecular weight excluding hydrogens is 436 g/mol. The Morgan fingerprint density at radius 1 is 1.18 bits per heavy atom. The van der Waals surface area contributed by atoms with Crippen molar-refractivity contribution in [2.24, 2.45) is 0 Å². The standard InChI is InChI=1S/C25H37F2N7/c1-30-14-17(13-28)19-11-16-3-2-10-34(23(16)12-20(19)24(26)27)25(29)21-15-32-9-6-22(21)33-18-4-7-31-8-5-18/h11-13,17-18,24,28-33H,2-10,14-15H2,1H3. The number of hydrogen-bond donors (Lipinski definition) is 6. The SMILES string of the molecule is CNCC(C=N)c1cc2c(cc1C(F)F)N(C(=N)C1=C(NC3CCNCC3)CCNC1)CCC2. The third kappa shape index (κ3) is 5.31. The Bertz CT molecular complexity index is 924. The molecule has 0 aromatic heterocycles. The summed E-state index contributed by atoms with van der Waals surface area (Å²) >= 11 is 0. The first-order valence-electron chi connectivity index (χ1n) is 12.4. The quantitative estimate of drug-likeness (QED) is 0.258. The first kappa shape index (κ1) is 24.8. The molecule has 1 unspecified atom stereocenters. The fourth-order valence-electron chi connectivity index (χ4n) is 5.33. The van der Waals surface area contributed by atoms with Crippen LogP contribution in [0.3, 0.4) is 0 Å². The van der Waals surface area contributed by atoms with Crippen molar-refractivity contribution in [1.29, 1.82) is 10.8 Å². The lowest BCUT2D eigenvalue weighted by Gasteiger charge is -2.36. The Balaban J connectivity index is 1.67. The second-order valence-electron chi connectivity index (χ2n) is 9.40. The zero-order valence-corrected chi connectivity index (χ0v) is 19.9. The zero-order chi connectivity index (χ0) is 24.1. The molecule has 0 spiro atoms. The van der Waals surface area contributed by atoms with E-state index in [0.717, 1.165) is 68.6 Å². The number of fused-ring (bicyclic) bond motifs is 1. The minimum atomic E-state index is -2.63. The molecule has 0 bridgehead atoms. The summed E-state index contributed by atoms with van der Waals surface area (Å²) in [4.78, 5) is 1.92. The number of aryl methyl sites for hydroxylation is 1. The van der Waals surface area contributed by atoms with Gasteiger partial charge in [0.05, 0.1) is 0 Å². The second-order valence-corrected chi connectivity index (χ2v) is 9.40. The van der Waals surface area contributed by atoms with Gasteiger partial charge >= 0.3 is 0 Å². The number of piperidine rings is 1. The van der Waals surface area contributed by atoms with Gasteiger partial charge in [-0.3, -0.25) is 5.41 Å². The van der Waals surface area contributed by atoms with Crippen LogP contribution in [0.15, 0.2) is 23.4 Å². The third-order valence-corrected chi connectivity index (χ3v) is 7.15. The molecule has 3 aliphatic heterocycles. The number of likely N-dealkylation sites (N-methyl/N-ethyl adjacent to an activating group) is 1. The summed E-state index contributed by atoms with van der Waals surface area (Å²) in [5.74, 6) is -0.00320. The lowest BCUT2D eigenvalue weighted by Crippen LogP contribution is -2.45. The summed E-state index contributed by atoms with van der Waals surface area (Å²) in [6.07, 6.45) is 3.22. The number of anilines is 1. The van der Waals surface area contributed by atoms with Crippen LogP contribution in [0.5, 0.6) is 0 Å². The van der Waals surface area contributed by atoms with Crippen molar-refractivity contribution in [2.75, 3.05) is 51.2 Å². The fourth-order valence-corrected chi connectivity index (χ4v) is 5.33. The number of alkyl halides is 2. The van der Waals surface area contributed by atoms with Gasteiger partial charge in [0.15, 0.2) is 0 Å². The van der Waals surface area contributed by atoms with E-state index in [1.54, 1.807) is 13.1 Å². The topological polar surface area (TPSA) is 99.1 Å². The zero-order valence-electron chi connectivity index (χ0n) is 19.9. The van der Waals surface area contributed by atoms with Gasteiger partial charge < -0.3 is 31.6 Å². The molecule has 7 nitrogen and oxygen atoms in total. The van der Waals surface area contributed by atoms with Crippen molar-refractivity contribution in [2.45, 2.75) is 50.5 Å². The number of hydrogen-bond acceptors (Lipinski definition) is 6. The van der Waals surface area contributed by atoms with Crippen molar-refractivity contribution in [3.8, 4) is 0 Å². The van der Waals surface area contributed by atoms with Gasteiger partial charge in [-0.15, -0.1) is 0 Å². The van der Waals surface area contributed by atoms with Gasteiger partial charge in [0.2, 0.25) is 0 Å². The highest BCUT2D eigenvalue weighted by molar-refractivity contribution is 6.09. The van der Waals surface area contributed by atoms with Crippen LogP contribution in [-0.2, 0) is 6.42 Å². The van der Waals surface area contributed by atoms with Crippen molar-refractivity contribution in [3.63, 3.8) is 0 Å². The van der Waals surface area contributed by atoms with Crippen LogP contribution in [0.25, 0.3) is 0 Å². The van der Waals surface area contributed by atoms with E-state index in [4.69, 9.17) is 10.8 Å². The number of halogens is 2. The molecule has 0 aliphatic carbocycles. The van der Waals surface area contributed by atoms with Crippen molar-refractivity contribution < 1.29 is 8.78 Å². The van der Waals surface area contributed by atoms with Gasteiger partial charge in [-0.2, -0.15) is 0 Å². The molecule has 4 rings (SSSR count). The maximum absolute atomic E-state index is 14.1. The lowest BCUT2D eigenvalue weighted by atomic mass is 9.88. The van der Waals surface area contributed by atoms with Gasteiger partial charge in [-0.25, -0.2) is 8.78 Å². The number of rotatable bonds is 8. The predicted octanol–water partition coefficient (Wildman–Crippen LogP) is 2.90. The van der Waals surface area contributed by atoms with Crippen LogP contribution in [0.1, 0.15) is 54.7 Å². The predicted molar refractivity (Wildman–Crippen MR) is 134 cm³/mol. The number of amidine groups is 1. The van der Waals surface area contributed by atoms with Crippen LogP contribution < -0.4 is 26.2 Å². The van der Waals surface area contributed by atoms with Crippen LogP contribution in [0, 0.1) is 10.8 Å². The average Bonchev–Trinajstić information content (AvgIpc) is 2.86. The minimum absolute atomic E-state index is 0.0361. The van der Waals surface area contributed by atoms with Gasteiger partial charge in [0.1, 0.15) is 5.84 Å². The summed E-state index contributed by atoms with van der Waals surface area (Å²) in [7, 11) is 1.77. The molecule has 6 N–H and O–H groups in total. The van der Waals surface area contributed by atoms with Gasteiger partial charge in [-0.1, -0.05) is 6.07 Å². The minimum Gasteiger partial charge on any atom is -0.385 e. The molecule has 3 aliphatic rings. The molecule has 0 amide bonds. The van der Waals surface area contributed by atoms with Gasteiger partial charge in [0, 0.05) is 73.3 Å². The van der Waals surface area contributed by atoms with E-state index in [-0.39, 0.29) is 5.56 Å². The first-order valence-corrected chi connectivity index (χ1v) is 12.4. The molecule has 34 heavy (non-hydrogen) atoms. The molecular formula is C25H37F2N7. The summed E-state index contributed by atoms with van der Waals surface area (Å²) < 4.78 is 28.3. The van der Waals surface area contributed by atoms with Crippen molar-refractivity contribution in [3.05, 3.63) is 40.1 Å². The molecule has 3 heterocycles. The smallest absolute Gasteiger partial charge is 0.264 e. The Kier molecular flexibility index (Phi) is 8.28. The molecule has 1 saturated heterocycles. The maximum Gasteiger partial charge on any atom is 0.264 e.